The molecule has 0 radical (unpaired) electrons. The highest BCUT2D eigenvalue weighted by molar-refractivity contribution is 5.89. The molecule has 0 unspecified atom stereocenters. The summed E-state index contributed by atoms with van der Waals surface area (Å²) in [5.74, 6) is 1.36. The monoisotopic (exact) mass is 406 g/mol. The lowest BCUT2D eigenvalue weighted by atomic mass is 10.1. The standard InChI is InChI=1S/C25H22N6/c1-17-13-20(15-27-14-17)24-29-25(28-16-19-9-5-6-10-22(19)26)23-21(11-12-31(23)30-24)18-7-3-2-4-8-18/h2-15H,16,26H2,1H3,(H,28,29,30). The molecule has 0 amide bonds. The molecule has 0 spiro atoms. The first-order valence-electron chi connectivity index (χ1n) is 10.1. The molecular formula is C25H22N6. The number of nitrogens with one attached hydrogen (secondary N) is 1. The van der Waals surface area contributed by atoms with Crippen molar-refractivity contribution in [3.8, 4) is 22.5 Å². The van der Waals surface area contributed by atoms with Crippen LogP contribution in [0.1, 0.15) is 11.1 Å². The predicted molar refractivity (Wildman–Crippen MR) is 125 cm³/mol. The number of nitrogens with two attached hydrogens (primary N) is 1. The van der Waals surface area contributed by atoms with Crippen LogP contribution in [-0.4, -0.2) is 19.6 Å². The van der Waals surface area contributed by atoms with Crippen LogP contribution in [0, 0.1) is 6.92 Å². The third-order valence-corrected chi connectivity index (χ3v) is 5.23. The molecule has 5 aromatic rings. The third-order valence-electron chi connectivity index (χ3n) is 5.23. The molecular weight excluding hydrogens is 384 g/mol. The zero-order chi connectivity index (χ0) is 21.2. The van der Waals surface area contributed by atoms with E-state index in [9.17, 15) is 0 Å². The van der Waals surface area contributed by atoms with Crippen LogP contribution in [0.4, 0.5) is 11.5 Å². The van der Waals surface area contributed by atoms with E-state index >= 15 is 0 Å². The maximum Gasteiger partial charge on any atom is 0.183 e. The lowest BCUT2D eigenvalue weighted by Crippen LogP contribution is -2.08. The molecule has 3 heterocycles. The van der Waals surface area contributed by atoms with Gasteiger partial charge in [-0.15, -0.1) is 5.10 Å². The first kappa shape index (κ1) is 18.8. The summed E-state index contributed by atoms with van der Waals surface area (Å²) < 4.78 is 1.88. The third kappa shape index (κ3) is 3.71. The van der Waals surface area contributed by atoms with Gasteiger partial charge in [0.05, 0.1) is 0 Å². The van der Waals surface area contributed by atoms with Crippen LogP contribution in [0.5, 0.6) is 0 Å². The molecule has 6 nitrogen and oxygen atoms in total. The largest absolute Gasteiger partial charge is 0.398 e. The molecule has 31 heavy (non-hydrogen) atoms. The number of nitrogens with zero attached hydrogens (tertiary/aromatic N) is 4. The van der Waals surface area contributed by atoms with Gasteiger partial charge >= 0.3 is 0 Å². The maximum absolute atomic E-state index is 6.15. The first-order chi connectivity index (χ1) is 15.2. The molecule has 0 aliphatic carbocycles. The zero-order valence-corrected chi connectivity index (χ0v) is 17.2. The summed E-state index contributed by atoms with van der Waals surface area (Å²) in [6, 6.07) is 22.2. The minimum absolute atomic E-state index is 0.560. The summed E-state index contributed by atoms with van der Waals surface area (Å²) in [7, 11) is 0. The Hall–Kier alpha value is -4.19. The van der Waals surface area contributed by atoms with E-state index in [-0.39, 0.29) is 0 Å². The molecule has 152 valence electrons. The van der Waals surface area contributed by atoms with Crippen LogP contribution < -0.4 is 11.1 Å². The van der Waals surface area contributed by atoms with Gasteiger partial charge in [0.1, 0.15) is 5.52 Å². The van der Waals surface area contributed by atoms with Gasteiger partial charge in [-0.05, 0) is 41.8 Å². The SMILES string of the molecule is Cc1cncc(-c2nc(NCc3ccccc3N)c3c(-c4ccccc4)ccn3n2)c1. The van der Waals surface area contributed by atoms with Crippen molar-refractivity contribution in [2.24, 2.45) is 0 Å². The van der Waals surface area contributed by atoms with Gasteiger partial charge in [0, 0.05) is 41.9 Å². The van der Waals surface area contributed by atoms with E-state index in [1.165, 1.54) is 0 Å². The van der Waals surface area contributed by atoms with Crippen molar-refractivity contribution in [3.63, 3.8) is 0 Å². The van der Waals surface area contributed by atoms with Crippen molar-refractivity contribution in [3.05, 3.63) is 96.4 Å². The molecule has 5 rings (SSSR count). The van der Waals surface area contributed by atoms with Gasteiger partial charge in [-0.1, -0.05) is 48.5 Å². The Morgan fingerprint density at radius 2 is 1.74 bits per heavy atom. The molecule has 0 bridgehead atoms. The summed E-state index contributed by atoms with van der Waals surface area (Å²) in [5.41, 5.74) is 13.0. The second kappa shape index (κ2) is 7.91. The zero-order valence-electron chi connectivity index (χ0n) is 17.2. The molecule has 3 aromatic heterocycles. The highest BCUT2D eigenvalue weighted by Crippen LogP contribution is 2.31. The van der Waals surface area contributed by atoms with E-state index in [4.69, 9.17) is 15.8 Å². The fourth-order valence-electron chi connectivity index (χ4n) is 3.67. The van der Waals surface area contributed by atoms with E-state index in [1.807, 2.05) is 72.4 Å². The van der Waals surface area contributed by atoms with E-state index in [0.717, 1.165) is 44.8 Å². The molecule has 0 atom stereocenters. The van der Waals surface area contributed by atoms with Gasteiger partial charge < -0.3 is 11.1 Å². The number of aryl methyl sites for hydroxylation is 1. The Morgan fingerprint density at radius 3 is 2.55 bits per heavy atom. The van der Waals surface area contributed by atoms with Crippen molar-refractivity contribution in [1.82, 2.24) is 19.6 Å². The molecule has 0 fully saturated rings. The van der Waals surface area contributed by atoms with Crippen LogP contribution >= 0.6 is 0 Å². The Kier molecular flexibility index (Phi) is 4.80. The van der Waals surface area contributed by atoms with Gasteiger partial charge in [0.2, 0.25) is 0 Å². The summed E-state index contributed by atoms with van der Waals surface area (Å²) in [6.45, 7) is 2.57. The Balaban J connectivity index is 1.65. The number of hydrogen-bond acceptors (Lipinski definition) is 5. The molecule has 0 saturated carbocycles. The average molecular weight is 406 g/mol. The fraction of sp³-hybridized carbons (Fsp3) is 0.0800. The van der Waals surface area contributed by atoms with Crippen LogP contribution in [0.2, 0.25) is 0 Å². The number of pyridine rings is 1. The normalized spacial score (nSPS) is 11.0. The number of benzene rings is 2. The summed E-state index contributed by atoms with van der Waals surface area (Å²) in [6.07, 6.45) is 5.57. The highest BCUT2D eigenvalue weighted by Gasteiger charge is 2.15. The molecule has 0 aliphatic heterocycles. The summed E-state index contributed by atoms with van der Waals surface area (Å²) >= 11 is 0. The van der Waals surface area contributed by atoms with Gasteiger partial charge in [0.25, 0.3) is 0 Å². The van der Waals surface area contributed by atoms with Crippen LogP contribution in [0.25, 0.3) is 28.0 Å². The van der Waals surface area contributed by atoms with E-state index in [0.29, 0.717) is 12.4 Å². The Morgan fingerprint density at radius 1 is 0.935 bits per heavy atom. The molecule has 6 heteroatoms. The molecule has 0 saturated heterocycles. The predicted octanol–water partition coefficient (Wildman–Crippen LogP) is 4.96. The number of hydrogen-bond donors (Lipinski definition) is 2. The van der Waals surface area contributed by atoms with Crippen molar-refractivity contribution in [2.75, 3.05) is 11.1 Å². The summed E-state index contributed by atoms with van der Waals surface area (Å²) in [4.78, 5) is 9.19. The number of fused-ring (bicyclic) bond motifs is 1. The second-order valence-corrected chi connectivity index (χ2v) is 7.48. The van der Waals surface area contributed by atoms with Crippen LogP contribution in [-0.2, 0) is 6.54 Å². The lowest BCUT2D eigenvalue weighted by Gasteiger charge is -2.13. The van der Waals surface area contributed by atoms with Crippen molar-refractivity contribution >= 4 is 17.0 Å². The van der Waals surface area contributed by atoms with Gasteiger partial charge in [-0.3, -0.25) is 4.98 Å². The average Bonchev–Trinajstić information content (AvgIpc) is 3.23. The number of rotatable bonds is 5. The van der Waals surface area contributed by atoms with E-state index in [2.05, 4.69) is 28.5 Å². The Bertz CT molecular complexity index is 1360. The smallest absolute Gasteiger partial charge is 0.183 e. The van der Waals surface area contributed by atoms with E-state index < -0.39 is 0 Å². The Labute approximate surface area is 180 Å². The second-order valence-electron chi connectivity index (χ2n) is 7.48. The van der Waals surface area contributed by atoms with Gasteiger partial charge in [0.15, 0.2) is 11.6 Å². The lowest BCUT2D eigenvalue weighted by molar-refractivity contribution is 0.908. The minimum Gasteiger partial charge on any atom is -0.398 e. The first-order valence-corrected chi connectivity index (χ1v) is 10.1. The van der Waals surface area contributed by atoms with Crippen LogP contribution in [0.3, 0.4) is 0 Å². The van der Waals surface area contributed by atoms with Gasteiger partial charge in [-0.25, -0.2) is 9.50 Å². The topological polar surface area (TPSA) is 81.1 Å². The van der Waals surface area contributed by atoms with E-state index in [1.54, 1.807) is 6.20 Å². The molecule has 2 aromatic carbocycles. The summed E-state index contributed by atoms with van der Waals surface area (Å²) in [5, 5.41) is 8.26. The number of nitrogen functional groups attached to an aromatic ring is 1. The molecule has 0 aliphatic rings. The van der Waals surface area contributed by atoms with Crippen molar-refractivity contribution in [2.45, 2.75) is 13.5 Å². The fourth-order valence-corrected chi connectivity index (χ4v) is 3.67. The van der Waals surface area contributed by atoms with Crippen molar-refractivity contribution < 1.29 is 0 Å². The number of para-hydroxylation sites is 1. The number of anilines is 2. The van der Waals surface area contributed by atoms with Crippen LogP contribution in [0.15, 0.2) is 85.3 Å². The highest BCUT2D eigenvalue weighted by atomic mass is 15.3. The molecule has 3 N–H and O–H groups in total. The quantitative estimate of drug-likeness (QED) is 0.403. The van der Waals surface area contributed by atoms with Gasteiger partial charge in [-0.2, -0.15) is 0 Å². The van der Waals surface area contributed by atoms with Crippen molar-refractivity contribution in [1.29, 1.82) is 0 Å². The minimum atomic E-state index is 0.560. The number of aromatic nitrogens is 4. The maximum atomic E-state index is 6.15.